The molecule has 2 atom stereocenters. The third kappa shape index (κ3) is 10.3. The molecule has 3 N–H and O–H groups in total. The summed E-state index contributed by atoms with van der Waals surface area (Å²) in [7, 11) is 1.24. The zero-order valence-electron chi connectivity index (χ0n) is 18.8. The summed E-state index contributed by atoms with van der Waals surface area (Å²) in [5.41, 5.74) is 0. The number of carbonyl (C=O) groups excluding carboxylic acids is 2. The predicted octanol–water partition coefficient (Wildman–Crippen LogP) is 4.29. The zero-order valence-corrected chi connectivity index (χ0v) is 18.8. The van der Waals surface area contributed by atoms with Gasteiger partial charge in [-0.3, -0.25) is 4.79 Å². The third-order valence-corrected chi connectivity index (χ3v) is 5.49. The molecule has 0 saturated carbocycles. The summed E-state index contributed by atoms with van der Waals surface area (Å²) < 4.78 is 9.59. The van der Waals surface area contributed by atoms with Gasteiger partial charge in [-0.25, -0.2) is 4.79 Å². The fourth-order valence-corrected chi connectivity index (χ4v) is 3.62. The van der Waals surface area contributed by atoms with Crippen molar-refractivity contribution in [3.63, 3.8) is 0 Å². The molecule has 0 aromatic rings. The van der Waals surface area contributed by atoms with Gasteiger partial charge in [-0.2, -0.15) is 0 Å². The van der Waals surface area contributed by atoms with Crippen LogP contribution in [0.3, 0.4) is 0 Å². The lowest BCUT2D eigenvalue weighted by Crippen LogP contribution is -2.40. The van der Waals surface area contributed by atoms with Crippen molar-refractivity contribution in [2.45, 2.75) is 109 Å². The van der Waals surface area contributed by atoms with Gasteiger partial charge < -0.3 is 25.0 Å². The van der Waals surface area contributed by atoms with E-state index in [0.29, 0.717) is 6.42 Å². The maximum atomic E-state index is 11.9. The molecule has 0 fully saturated rings. The van der Waals surface area contributed by atoms with Gasteiger partial charge in [0, 0.05) is 13.0 Å². The normalized spacial score (nSPS) is 17.2. The van der Waals surface area contributed by atoms with Crippen molar-refractivity contribution in [1.82, 2.24) is 5.32 Å². The van der Waals surface area contributed by atoms with E-state index in [1.54, 1.807) is 0 Å². The smallest absolute Gasteiger partial charge is 0.378 e. The molecule has 0 aliphatic carbocycles. The number of methoxy groups -OCH3 is 1. The molecule has 0 aromatic heterocycles. The highest BCUT2D eigenvalue weighted by Gasteiger charge is 2.40. The topological polar surface area (TPSA) is 105 Å². The van der Waals surface area contributed by atoms with Crippen LogP contribution in [0.4, 0.5) is 0 Å². The standard InChI is InChI=1S/C23H41NO6/c1-3-4-5-6-7-8-9-10-11-12-13-14-15-16-19(26)24-17-18(25)21-20(27)22(29-2)23(28)30-21/h18,21,25,27H,3-17H2,1-2H3,(H,24,26)/t18-,21+/m0/s1. The Morgan fingerprint density at radius 3 is 1.97 bits per heavy atom. The minimum absolute atomic E-state index is 0.101. The fraction of sp³-hybridized carbons (Fsp3) is 0.826. The minimum Gasteiger partial charge on any atom is -0.505 e. The van der Waals surface area contributed by atoms with Gasteiger partial charge >= 0.3 is 5.97 Å². The maximum absolute atomic E-state index is 11.9. The summed E-state index contributed by atoms with van der Waals surface area (Å²) in [5.74, 6) is -1.73. The molecule has 1 amide bonds. The van der Waals surface area contributed by atoms with Gasteiger partial charge in [0.1, 0.15) is 6.10 Å². The third-order valence-electron chi connectivity index (χ3n) is 5.49. The van der Waals surface area contributed by atoms with Gasteiger partial charge in [0.25, 0.3) is 0 Å². The van der Waals surface area contributed by atoms with Crippen molar-refractivity contribution in [2.24, 2.45) is 0 Å². The summed E-state index contributed by atoms with van der Waals surface area (Å²) >= 11 is 0. The molecule has 1 aliphatic heterocycles. The van der Waals surface area contributed by atoms with Crippen LogP contribution in [0.15, 0.2) is 11.5 Å². The van der Waals surface area contributed by atoms with E-state index in [9.17, 15) is 19.8 Å². The highest BCUT2D eigenvalue weighted by atomic mass is 16.6. The van der Waals surface area contributed by atoms with Crippen LogP contribution in [0.25, 0.3) is 0 Å². The predicted molar refractivity (Wildman–Crippen MR) is 116 cm³/mol. The van der Waals surface area contributed by atoms with E-state index in [4.69, 9.17) is 9.47 Å². The number of aliphatic hydroxyl groups excluding tert-OH is 2. The second-order valence-corrected chi connectivity index (χ2v) is 8.11. The Labute approximate surface area is 181 Å². The van der Waals surface area contributed by atoms with Gasteiger partial charge in [0.2, 0.25) is 11.7 Å². The molecule has 0 radical (unpaired) electrons. The number of hydrogen-bond donors (Lipinski definition) is 3. The van der Waals surface area contributed by atoms with Crippen LogP contribution in [-0.2, 0) is 19.1 Å². The molecule has 7 nitrogen and oxygen atoms in total. The number of amides is 1. The van der Waals surface area contributed by atoms with Crippen molar-refractivity contribution < 1.29 is 29.3 Å². The average molecular weight is 428 g/mol. The molecule has 30 heavy (non-hydrogen) atoms. The number of carbonyl (C=O) groups is 2. The zero-order chi connectivity index (χ0) is 22.2. The Bertz CT molecular complexity index is 534. The first-order valence-electron chi connectivity index (χ1n) is 11.6. The molecule has 1 heterocycles. The molecule has 1 rings (SSSR count). The van der Waals surface area contributed by atoms with Crippen LogP contribution >= 0.6 is 0 Å². The van der Waals surface area contributed by atoms with Crippen LogP contribution in [0.5, 0.6) is 0 Å². The number of cyclic esters (lactones) is 1. The van der Waals surface area contributed by atoms with Crippen molar-refractivity contribution in [3.8, 4) is 0 Å². The Balaban J connectivity index is 1.97. The number of hydrogen-bond acceptors (Lipinski definition) is 6. The van der Waals surface area contributed by atoms with Gasteiger partial charge in [-0.15, -0.1) is 0 Å². The molecule has 0 unspecified atom stereocenters. The quantitative estimate of drug-likeness (QED) is 0.223. The molecule has 1 aliphatic rings. The van der Waals surface area contributed by atoms with Crippen LogP contribution in [-0.4, -0.2) is 48.0 Å². The Morgan fingerprint density at radius 1 is 1.00 bits per heavy atom. The van der Waals surface area contributed by atoms with E-state index in [2.05, 4.69) is 12.2 Å². The monoisotopic (exact) mass is 427 g/mol. The Kier molecular flexibility index (Phi) is 14.0. The first-order chi connectivity index (χ1) is 14.5. The summed E-state index contributed by atoms with van der Waals surface area (Å²) in [5, 5.41) is 22.5. The van der Waals surface area contributed by atoms with E-state index in [0.717, 1.165) is 19.3 Å². The van der Waals surface area contributed by atoms with Crippen molar-refractivity contribution >= 4 is 11.9 Å². The fourth-order valence-electron chi connectivity index (χ4n) is 3.62. The summed E-state index contributed by atoms with van der Waals surface area (Å²) in [6.07, 6.45) is 14.2. The highest BCUT2D eigenvalue weighted by Crippen LogP contribution is 2.23. The summed E-state index contributed by atoms with van der Waals surface area (Å²) in [6.45, 7) is 2.14. The summed E-state index contributed by atoms with van der Waals surface area (Å²) in [4.78, 5) is 23.4. The number of unbranched alkanes of at least 4 members (excludes halogenated alkanes) is 12. The van der Waals surface area contributed by atoms with E-state index >= 15 is 0 Å². The average Bonchev–Trinajstić information content (AvgIpc) is 3.03. The van der Waals surface area contributed by atoms with Crippen molar-refractivity contribution in [2.75, 3.05) is 13.7 Å². The molecule has 174 valence electrons. The Hall–Kier alpha value is -1.76. The van der Waals surface area contributed by atoms with E-state index < -0.39 is 23.9 Å². The molecule has 0 aromatic carbocycles. The second kappa shape index (κ2) is 16.0. The SMILES string of the molecule is CCCCCCCCCCCCCCCC(=O)NC[C@H](O)[C@H]1OC(=O)C(OC)=C1O. The van der Waals surface area contributed by atoms with Gasteiger partial charge in [0.15, 0.2) is 11.9 Å². The van der Waals surface area contributed by atoms with Gasteiger partial charge in [-0.05, 0) is 6.42 Å². The number of ether oxygens (including phenoxy) is 2. The second-order valence-electron chi connectivity index (χ2n) is 8.11. The minimum atomic E-state index is -1.22. The van der Waals surface area contributed by atoms with E-state index in [1.807, 2.05) is 0 Å². The van der Waals surface area contributed by atoms with Crippen LogP contribution in [0, 0.1) is 0 Å². The lowest BCUT2D eigenvalue weighted by molar-refractivity contribution is -0.147. The van der Waals surface area contributed by atoms with Crippen LogP contribution < -0.4 is 5.32 Å². The molecule has 0 bridgehead atoms. The number of rotatable bonds is 18. The molecular weight excluding hydrogens is 386 g/mol. The first kappa shape index (κ1) is 26.3. The number of nitrogens with one attached hydrogen (secondary N) is 1. The molecule has 0 spiro atoms. The molecule has 0 saturated heterocycles. The number of aliphatic hydroxyl groups is 2. The summed E-state index contributed by atoms with van der Waals surface area (Å²) in [6, 6.07) is 0. The Morgan fingerprint density at radius 2 is 1.50 bits per heavy atom. The van der Waals surface area contributed by atoms with E-state index in [-0.39, 0.29) is 18.2 Å². The van der Waals surface area contributed by atoms with Crippen LogP contribution in [0.2, 0.25) is 0 Å². The van der Waals surface area contributed by atoms with Gasteiger partial charge in [-0.1, -0.05) is 84.0 Å². The van der Waals surface area contributed by atoms with Crippen LogP contribution in [0.1, 0.15) is 96.8 Å². The maximum Gasteiger partial charge on any atom is 0.378 e. The lowest BCUT2D eigenvalue weighted by Gasteiger charge is -2.17. The first-order valence-corrected chi connectivity index (χ1v) is 11.6. The van der Waals surface area contributed by atoms with Crippen molar-refractivity contribution in [3.05, 3.63) is 11.5 Å². The highest BCUT2D eigenvalue weighted by molar-refractivity contribution is 5.89. The van der Waals surface area contributed by atoms with Crippen molar-refractivity contribution in [1.29, 1.82) is 0 Å². The van der Waals surface area contributed by atoms with Gasteiger partial charge in [0.05, 0.1) is 7.11 Å². The number of esters is 1. The lowest BCUT2D eigenvalue weighted by atomic mass is 10.0. The van der Waals surface area contributed by atoms with E-state index in [1.165, 1.54) is 71.3 Å². The largest absolute Gasteiger partial charge is 0.505 e. The molecular formula is C23H41NO6. The molecule has 7 heteroatoms.